The molecule has 3 fully saturated rings. The summed E-state index contributed by atoms with van der Waals surface area (Å²) in [6, 6.07) is 15.4. The Balaban J connectivity index is 1.12. The molecule has 0 unspecified atom stereocenters. The van der Waals surface area contributed by atoms with Crippen molar-refractivity contribution in [1.82, 2.24) is 0 Å². The van der Waals surface area contributed by atoms with Crippen LogP contribution in [0.15, 0.2) is 100 Å². The molecule has 14 N–H and O–H groups in total. The number of carboxylic acids is 1. The second kappa shape index (κ2) is 26.2. The number of carboxylic acid groups (broad SMARTS) is 1. The van der Waals surface area contributed by atoms with Crippen LogP contribution in [0, 0.1) is 0 Å². The lowest BCUT2D eigenvalue weighted by Crippen LogP contribution is -2.65. The summed E-state index contributed by atoms with van der Waals surface area (Å²) in [6.45, 7) is -2.51. The maximum Gasteiger partial charge on any atom is 0.330 e. The summed E-state index contributed by atoms with van der Waals surface area (Å²) in [6.07, 6.45) is -26.8. The maximum absolute atomic E-state index is 13.3. The van der Waals surface area contributed by atoms with Crippen LogP contribution in [-0.2, 0) is 52.3 Å². The predicted molar refractivity (Wildman–Crippen MR) is 272 cm³/mol. The highest BCUT2D eigenvalue weighted by Gasteiger charge is 2.53. The highest BCUT2D eigenvalue weighted by atomic mass is 16.8. The zero-order valence-corrected chi connectivity index (χ0v) is 42.7. The number of hydrogen-bond acceptors (Lipinski definition) is 28. The number of rotatable bonds is 19. The molecule has 0 saturated carbocycles. The molecule has 4 heterocycles. The molecule has 5 aliphatic rings. The van der Waals surface area contributed by atoms with Crippen LogP contribution in [0.5, 0.6) is 40.2 Å². The van der Waals surface area contributed by atoms with Crippen molar-refractivity contribution in [2.24, 2.45) is 0 Å². The van der Waals surface area contributed by atoms with Gasteiger partial charge in [0.25, 0.3) is 0 Å². The Morgan fingerprint density at radius 3 is 1.54 bits per heavy atom. The van der Waals surface area contributed by atoms with E-state index in [4.69, 9.17) is 52.2 Å². The number of aliphatic hydroxyl groups is 8. The molecule has 29 nitrogen and oxygen atoms in total. The first-order valence-corrected chi connectivity index (χ1v) is 24.9. The number of carbonyl (C=O) groups is 4. The van der Waals surface area contributed by atoms with E-state index >= 15 is 0 Å². The van der Waals surface area contributed by atoms with Crippen molar-refractivity contribution in [2.75, 3.05) is 19.8 Å². The van der Waals surface area contributed by atoms with Crippen molar-refractivity contribution in [3.05, 3.63) is 112 Å². The summed E-state index contributed by atoms with van der Waals surface area (Å²) in [5.41, 5.74) is -0.383. The van der Waals surface area contributed by atoms with Crippen molar-refractivity contribution in [1.29, 1.82) is 0 Å². The molecule has 0 amide bonds. The van der Waals surface area contributed by atoms with E-state index in [1.165, 1.54) is 48.6 Å². The number of aliphatic carboxylic acids is 1. The van der Waals surface area contributed by atoms with E-state index in [1.807, 2.05) is 0 Å². The number of phenolic OH excluding ortho intramolecular Hbond substituents is 5. The molecule has 0 spiro atoms. The van der Waals surface area contributed by atoms with Crippen LogP contribution in [-0.4, -0.2) is 207 Å². The van der Waals surface area contributed by atoms with Gasteiger partial charge in [0.1, 0.15) is 111 Å². The third-order valence-electron chi connectivity index (χ3n) is 13.0. The first kappa shape index (κ1) is 60.7. The Bertz CT molecular complexity index is 3210. The van der Waals surface area contributed by atoms with Crippen LogP contribution in [0.25, 0.3) is 34.8 Å². The summed E-state index contributed by atoms with van der Waals surface area (Å²) in [5.74, 6) is -8.43. The minimum Gasteiger partial charge on any atom is -0.508 e. The number of ether oxygens (including phenoxy) is 9. The van der Waals surface area contributed by atoms with Crippen LogP contribution in [0.3, 0.4) is 0 Å². The van der Waals surface area contributed by atoms with Crippen LogP contribution < -0.4 is 14.9 Å². The SMILES string of the molecule is O=C(O)CC(=O)OC[C@H]1O[C@@H](Oc2cc(=O)cc3oc(-c4ccc(O)cc4)c(O[C@@H]4O[C@H](COC(=O)C=Cc5ccc(O)c(O)c5)[C@@H](O)[C@H](O)[C@H]4O[C@@H]4O[C@H](COC(=O)C=Cc5ccc(O)c(O)c5)[C@@H](O)[C@H](O)[C@H]4O)cc2-3)[C@H](O)[C@@H](O)[C@@H]1O. The van der Waals surface area contributed by atoms with Crippen LogP contribution >= 0.6 is 0 Å². The maximum atomic E-state index is 13.3. The number of hydrogen-bond donors (Lipinski definition) is 14. The number of phenols is 5. The van der Waals surface area contributed by atoms with Gasteiger partial charge < -0.3 is 119 Å². The number of aliphatic hydroxyl groups excluding tert-OH is 8. The fourth-order valence-corrected chi connectivity index (χ4v) is 8.56. The van der Waals surface area contributed by atoms with Crippen molar-refractivity contribution in [2.45, 2.75) is 98.5 Å². The van der Waals surface area contributed by atoms with E-state index in [1.54, 1.807) is 0 Å². The number of benzene rings is 4. The van der Waals surface area contributed by atoms with E-state index in [2.05, 4.69) is 0 Å². The summed E-state index contributed by atoms with van der Waals surface area (Å²) in [5, 5.41) is 147. The van der Waals surface area contributed by atoms with Gasteiger partial charge in [0.05, 0.1) is 5.56 Å². The van der Waals surface area contributed by atoms with Gasteiger partial charge in [-0.15, -0.1) is 0 Å². The Labute approximate surface area is 466 Å². The second-order valence-corrected chi connectivity index (χ2v) is 18.9. The molecular formula is C54H54O29. The lowest BCUT2D eigenvalue weighted by Gasteiger charge is -2.46. The Hall–Kier alpha value is -8.43. The number of aromatic hydroxyl groups is 5. The van der Waals surface area contributed by atoms with Gasteiger partial charge in [-0.1, -0.05) is 12.1 Å². The van der Waals surface area contributed by atoms with E-state index < -0.39 is 182 Å². The van der Waals surface area contributed by atoms with Crippen molar-refractivity contribution in [3.8, 4) is 62.9 Å². The van der Waals surface area contributed by atoms with Crippen LogP contribution in [0.4, 0.5) is 0 Å². The molecule has 0 bridgehead atoms. The van der Waals surface area contributed by atoms with Gasteiger partial charge in [-0.2, -0.15) is 0 Å². The number of fused-ring (bicyclic) bond motifs is 1. The molecule has 3 aromatic rings. The molecule has 3 aromatic carbocycles. The molecule has 8 rings (SSSR count). The van der Waals surface area contributed by atoms with Gasteiger partial charge in [-0.3, -0.25) is 14.4 Å². The average molecular weight is 1170 g/mol. The standard InChI is InChI=1S/C54H54O29/c55-25-7-5-24(6-8-25)50-34(17-27-32(77-50)15-26(56)16-33(27)78-52-48(72)45(69)43(67)36(80-52)21-76-41(65)18-38(61)62)79-54-51(47(71)44(68)37(82-54)20-75-40(64)12-4-23-2-10-29(58)31(60)14-23)83-53-49(73)46(70)42(66)35(81-53)19-74-39(63)11-3-22-1-9-28(57)30(59)13-22/h1-17,35-37,42-49,51-55,57-60,66-73H,18-21H2,(H,61,62)/t35-,36-,37-,42-,43-,44-,45+,46+,47+,48-,49-,51-,52-,53+,54-/m1/s1. The third kappa shape index (κ3) is 14.6. The molecule has 4 aliphatic heterocycles. The second-order valence-electron chi connectivity index (χ2n) is 18.9. The van der Waals surface area contributed by atoms with E-state index in [0.717, 1.165) is 54.6 Å². The van der Waals surface area contributed by atoms with E-state index in [-0.39, 0.29) is 39.5 Å². The smallest absolute Gasteiger partial charge is 0.330 e. The average Bonchev–Trinajstić information content (AvgIpc) is 2.87. The molecule has 83 heavy (non-hydrogen) atoms. The molecule has 0 radical (unpaired) electrons. The first-order chi connectivity index (χ1) is 39.4. The number of carbonyl (C=O) groups excluding carboxylic acids is 3. The minimum atomic E-state index is -2.20. The molecule has 3 saturated heterocycles. The lowest BCUT2D eigenvalue weighted by atomic mass is 9.97. The van der Waals surface area contributed by atoms with Crippen molar-refractivity contribution < 1.29 is 138 Å². The summed E-state index contributed by atoms with van der Waals surface area (Å²) in [4.78, 5) is 62.0. The molecule has 29 heteroatoms. The Morgan fingerprint density at radius 1 is 0.506 bits per heavy atom. The van der Waals surface area contributed by atoms with Crippen molar-refractivity contribution >= 4 is 36.0 Å². The highest BCUT2D eigenvalue weighted by Crippen LogP contribution is 2.44. The molecule has 15 atom stereocenters. The monoisotopic (exact) mass is 1170 g/mol. The van der Waals surface area contributed by atoms with E-state index in [0.29, 0.717) is 0 Å². The summed E-state index contributed by atoms with van der Waals surface area (Å²) in [7, 11) is 0. The lowest BCUT2D eigenvalue weighted by molar-refractivity contribution is -0.358. The predicted octanol–water partition coefficient (Wildman–Crippen LogP) is -1.32. The molecule has 0 aromatic heterocycles. The minimum absolute atomic E-state index is 0.103. The summed E-state index contributed by atoms with van der Waals surface area (Å²) >= 11 is 0. The van der Waals surface area contributed by atoms with Crippen LogP contribution in [0.2, 0.25) is 0 Å². The van der Waals surface area contributed by atoms with Gasteiger partial charge in [0, 0.05) is 29.8 Å². The van der Waals surface area contributed by atoms with E-state index in [9.17, 15) is 90.4 Å². The Morgan fingerprint density at radius 2 is 1.00 bits per heavy atom. The van der Waals surface area contributed by atoms with Gasteiger partial charge in [-0.25, -0.2) is 9.59 Å². The molecule has 1 aliphatic carbocycles. The number of esters is 3. The third-order valence-corrected chi connectivity index (χ3v) is 13.0. The zero-order chi connectivity index (χ0) is 60.0. The van der Waals surface area contributed by atoms with Gasteiger partial charge in [-0.05, 0) is 77.9 Å². The largest absolute Gasteiger partial charge is 0.508 e. The normalized spacial score (nSPS) is 28.2. The van der Waals surface area contributed by atoms with Crippen LogP contribution in [0.1, 0.15) is 17.5 Å². The molecular weight excluding hydrogens is 1110 g/mol. The molecule has 444 valence electrons. The van der Waals surface area contributed by atoms with Crippen molar-refractivity contribution in [3.63, 3.8) is 0 Å². The summed E-state index contributed by atoms with van der Waals surface area (Å²) < 4.78 is 57.5. The highest BCUT2D eigenvalue weighted by molar-refractivity contribution is 5.90. The fourth-order valence-electron chi connectivity index (χ4n) is 8.56. The topological polar surface area (TPSA) is 465 Å². The van der Waals surface area contributed by atoms with Gasteiger partial charge in [0.15, 0.2) is 52.3 Å². The first-order valence-electron chi connectivity index (χ1n) is 24.9. The zero-order valence-electron chi connectivity index (χ0n) is 42.7. The fraction of sp³-hybridized carbons (Fsp3) is 0.352. The van der Waals surface area contributed by atoms with Gasteiger partial charge >= 0.3 is 23.9 Å². The quantitative estimate of drug-likeness (QED) is 0.0150. The Kier molecular flexibility index (Phi) is 19.2. The van der Waals surface area contributed by atoms with Gasteiger partial charge in [0.2, 0.25) is 12.6 Å².